The largest absolute Gasteiger partial charge is 0.463 e. The van der Waals surface area contributed by atoms with E-state index in [4.69, 9.17) is 4.42 Å². The average Bonchev–Trinajstić information content (AvgIpc) is 3.18. The molecule has 8 heteroatoms. The van der Waals surface area contributed by atoms with Crippen LogP contribution in [0.3, 0.4) is 0 Å². The Morgan fingerprint density at radius 3 is 2.88 bits per heavy atom. The fraction of sp³-hybridized carbons (Fsp3) is 0.312. The van der Waals surface area contributed by atoms with Crippen LogP contribution in [-0.2, 0) is 12.3 Å². The van der Waals surface area contributed by atoms with Gasteiger partial charge in [-0.05, 0) is 31.0 Å². The lowest BCUT2D eigenvalue weighted by atomic mass is 10.1. The SMILES string of the molecule is CCc1ccc2occ(C(=O)NCC(F)(F)c3n[nH]c(C)n3)c2c1. The van der Waals surface area contributed by atoms with Crippen molar-refractivity contribution in [2.75, 3.05) is 6.54 Å². The number of H-pyrrole nitrogens is 1. The van der Waals surface area contributed by atoms with E-state index >= 15 is 0 Å². The van der Waals surface area contributed by atoms with Crippen LogP contribution < -0.4 is 5.32 Å². The van der Waals surface area contributed by atoms with Crippen LogP contribution in [0.4, 0.5) is 8.78 Å². The summed E-state index contributed by atoms with van der Waals surface area (Å²) in [6.07, 6.45) is 2.07. The Labute approximate surface area is 136 Å². The quantitative estimate of drug-likeness (QED) is 0.751. The summed E-state index contributed by atoms with van der Waals surface area (Å²) in [6.45, 7) is 2.61. The van der Waals surface area contributed by atoms with Gasteiger partial charge >= 0.3 is 5.92 Å². The third-order valence-corrected chi connectivity index (χ3v) is 3.69. The number of carbonyl (C=O) groups excluding carboxylic acids is 1. The van der Waals surface area contributed by atoms with E-state index in [-0.39, 0.29) is 11.4 Å². The summed E-state index contributed by atoms with van der Waals surface area (Å²) in [5, 5.41) is 8.62. The van der Waals surface area contributed by atoms with Gasteiger partial charge in [-0.1, -0.05) is 13.0 Å². The third-order valence-electron chi connectivity index (χ3n) is 3.69. The van der Waals surface area contributed by atoms with Gasteiger partial charge in [0.25, 0.3) is 5.91 Å². The first-order chi connectivity index (χ1) is 11.4. The molecule has 1 amide bonds. The Morgan fingerprint density at radius 2 is 2.21 bits per heavy atom. The molecule has 0 saturated heterocycles. The van der Waals surface area contributed by atoms with Crippen LogP contribution in [0.1, 0.15) is 34.5 Å². The van der Waals surface area contributed by atoms with Crippen molar-refractivity contribution in [3.8, 4) is 0 Å². The summed E-state index contributed by atoms with van der Waals surface area (Å²) in [5.74, 6) is -4.36. The normalized spacial score (nSPS) is 11.8. The molecule has 0 unspecified atom stereocenters. The number of amides is 1. The number of benzene rings is 1. The first-order valence-electron chi connectivity index (χ1n) is 7.46. The van der Waals surface area contributed by atoms with Gasteiger partial charge in [-0.15, -0.1) is 0 Å². The van der Waals surface area contributed by atoms with E-state index in [1.54, 1.807) is 6.07 Å². The maximum absolute atomic E-state index is 14.0. The molecule has 0 aliphatic carbocycles. The monoisotopic (exact) mass is 334 g/mol. The third kappa shape index (κ3) is 2.99. The first-order valence-corrected chi connectivity index (χ1v) is 7.46. The van der Waals surface area contributed by atoms with Gasteiger partial charge in [-0.2, -0.15) is 13.9 Å². The van der Waals surface area contributed by atoms with Gasteiger partial charge in [-0.3, -0.25) is 9.89 Å². The van der Waals surface area contributed by atoms with Crippen LogP contribution in [0.15, 0.2) is 28.9 Å². The van der Waals surface area contributed by atoms with Crippen LogP contribution in [-0.4, -0.2) is 27.6 Å². The minimum Gasteiger partial charge on any atom is -0.463 e. The molecule has 3 rings (SSSR count). The molecular weight excluding hydrogens is 318 g/mol. The number of nitrogens with one attached hydrogen (secondary N) is 2. The number of halogens is 2. The van der Waals surface area contributed by atoms with Crippen molar-refractivity contribution < 1.29 is 18.0 Å². The van der Waals surface area contributed by atoms with E-state index in [0.29, 0.717) is 11.0 Å². The predicted molar refractivity (Wildman–Crippen MR) is 82.9 cm³/mol. The summed E-state index contributed by atoms with van der Waals surface area (Å²) >= 11 is 0. The molecule has 3 aromatic rings. The molecule has 0 spiro atoms. The highest BCUT2D eigenvalue weighted by Gasteiger charge is 2.37. The van der Waals surface area contributed by atoms with E-state index in [1.165, 1.54) is 13.2 Å². The molecule has 0 atom stereocenters. The van der Waals surface area contributed by atoms with Crippen molar-refractivity contribution in [1.82, 2.24) is 20.5 Å². The smallest absolute Gasteiger partial charge is 0.325 e. The summed E-state index contributed by atoms with van der Waals surface area (Å²) in [4.78, 5) is 15.9. The van der Waals surface area contributed by atoms with Crippen LogP contribution in [0.2, 0.25) is 0 Å². The lowest BCUT2D eigenvalue weighted by Gasteiger charge is -2.13. The molecule has 0 saturated carbocycles. The number of hydrogen-bond acceptors (Lipinski definition) is 4. The lowest BCUT2D eigenvalue weighted by Crippen LogP contribution is -2.35. The maximum atomic E-state index is 14.0. The molecule has 1 aromatic carbocycles. The summed E-state index contributed by atoms with van der Waals surface area (Å²) < 4.78 is 33.4. The van der Waals surface area contributed by atoms with Gasteiger partial charge in [0.05, 0.1) is 12.1 Å². The van der Waals surface area contributed by atoms with Crippen molar-refractivity contribution in [3.05, 3.63) is 47.2 Å². The summed E-state index contributed by atoms with van der Waals surface area (Å²) in [6, 6.07) is 5.48. The highest BCUT2D eigenvalue weighted by atomic mass is 19.3. The van der Waals surface area contributed by atoms with Crippen LogP contribution in [0.25, 0.3) is 11.0 Å². The molecular formula is C16H16F2N4O2. The standard InChI is InChI=1S/C16H16F2N4O2/c1-3-10-4-5-13-11(6-10)12(7-24-13)14(23)19-8-16(17,18)15-20-9(2)21-22-15/h4-7H,3,8H2,1-2H3,(H,19,23)(H,20,21,22). The van der Waals surface area contributed by atoms with E-state index in [1.807, 2.05) is 19.1 Å². The van der Waals surface area contributed by atoms with Gasteiger partial charge in [0.2, 0.25) is 5.82 Å². The van der Waals surface area contributed by atoms with Crippen molar-refractivity contribution in [2.24, 2.45) is 0 Å². The first kappa shape index (κ1) is 16.1. The number of aromatic amines is 1. The van der Waals surface area contributed by atoms with E-state index in [2.05, 4.69) is 20.5 Å². The van der Waals surface area contributed by atoms with Crippen LogP contribution >= 0.6 is 0 Å². The van der Waals surface area contributed by atoms with Gasteiger partial charge in [-0.25, -0.2) is 4.98 Å². The summed E-state index contributed by atoms with van der Waals surface area (Å²) in [5.41, 5.74) is 1.79. The van der Waals surface area contributed by atoms with Crippen LogP contribution in [0, 0.1) is 6.92 Å². The Hall–Kier alpha value is -2.77. The lowest BCUT2D eigenvalue weighted by molar-refractivity contribution is -0.0111. The zero-order valence-corrected chi connectivity index (χ0v) is 13.2. The molecule has 0 bridgehead atoms. The second-order valence-electron chi connectivity index (χ2n) is 5.46. The van der Waals surface area contributed by atoms with E-state index in [0.717, 1.165) is 12.0 Å². The minimum absolute atomic E-state index is 0.224. The highest BCUT2D eigenvalue weighted by molar-refractivity contribution is 6.06. The molecule has 0 aliphatic heterocycles. The Kier molecular flexibility index (Phi) is 4.04. The molecule has 2 heterocycles. The number of carbonyl (C=O) groups is 1. The van der Waals surface area contributed by atoms with Crippen molar-refractivity contribution in [2.45, 2.75) is 26.2 Å². The van der Waals surface area contributed by atoms with Gasteiger partial charge < -0.3 is 9.73 Å². The fourth-order valence-electron chi connectivity index (χ4n) is 2.34. The van der Waals surface area contributed by atoms with Crippen molar-refractivity contribution in [1.29, 1.82) is 0 Å². The number of aryl methyl sites for hydroxylation is 2. The second-order valence-corrected chi connectivity index (χ2v) is 5.46. The minimum atomic E-state index is -3.37. The number of furan rings is 1. The van der Waals surface area contributed by atoms with E-state index in [9.17, 15) is 13.6 Å². The zero-order valence-electron chi connectivity index (χ0n) is 13.2. The fourth-order valence-corrected chi connectivity index (χ4v) is 2.34. The predicted octanol–water partition coefficient (Wildman–Crippen LogP) is 2.94. The number of fused-ring (bicyclic) bond motifs is 1. The van der Waals surface area contributed by atoms with Gasteiger partial charge in [0, 0.05) is 5.39 Å². The van der Waals surface area contributed by atoms with Crippen molar-refractivity contribution in [3.63, 3.8) is 0 Å². The summed E-state index contributed by atoms with van der Waals surface area (Å²) in [7, 11) is 0. The Bertz CT molecular complexity index is 885. The number of rotatable bonds is 5. The maximum Gasteiger partial charge on any atom is 0.325 e. The number of hydrogen-bond donors (Lipinski definition) is 2. The number of alkyl halides is 2. The Balaban J connectivity index is 1.78. The number of nitrogens with zero attached hydrogens (tertiary/aromatic N) is 2. The second kappa shape index (κ2) is 6.03. The molecule has 0 fully saturated rings. The van der Waals surface area contributed by atoms with Gasteiger partial charge in [0.1, 0.15) is 17.7 Å². The Morgan fingerprint density at radius 1 is 1.42 bits per heavy atom. The topological polar surface area (TPSA) is 83.8 Å². The van der Waals surface area contributed by atoms with Crippen molar-refractivity contribution >= 4 is 16.9 Å². The molecule has 24 heavy (non-hydrogen) atoms. The van der Waals surface area contributed by atoms with Crippen LogP contribution in [0.5, 0.6) is 0 Å². The number of aromatic nitrogens is 3. The molecule has 2 N–H and O–H groups in total. The highest BCUT2D eigenvalue weighted by Crippen LogP contribution is 2.25. The molecule has 0 aliphatic rings. The van der Waals surface area contributed by atoms with Gasteiger partial charge in [0.15, 0.2) is 0 Å². The zero-order chi connectivity index (χ0) is 17.3. The molecule has 0 radical (unpaired) electrons. The molecule has 126 valence electrons. The average molecular weight is 334 g/mol. The van der Waals surface area contributed by atoms with E-state index < -0.39 is 24.2 Å². The molecule has 2 aromatic heterocycles. The molecule has 6 nitrogen and oxygen atoms in total.